The molecule has 0 atom stereocenters. The van der Waals surface area contributed by atoms with E-state index in [4.69, 9.17) is 23.2 Å². The van der Waals surface area contributed by atoms with Crippen LogP contribution in [0.4, 0.5) is 0 Å². The van der Waals surface area contributed by atoms with Crippen molar-refractivity contribution in [1.82, 2.24) is 0 Å². The molecule has 0 fully saturated rings. The van der Waals surface area contributed by atoms with E-state index >= 15 is 0 Å². The number of hydrogen-bond acceptors (Lipinski definition) is 2. The summed E-state index contributed by atoms with van der Waals surface area (Å²) in [4.78, 5) is 12.9. The molecule has 1 nitrogen and oxygen atoms in total. The van der Waals surface area contributed by atoms with Crippen molar-refractivity contribution in [2.45, 2.75) is 6.92 Å². The minimum absolute atomic E-state index is 0.139. The number of thiophene rings is 1. The fourth-order valence-corrected chi connectivity index (χ4v) is 3.46. The first-order valence-electron chi connectivity index (χ1n) is 4.75. The summed E-state index contributed by atoms with van der Waals surface area (Å²) in [6, 6.07) is 6.88. The summed E-state index contributed by atoms with van der Waals surface area (Å²) in [7, 11) is 0. The van der Waals surface area contributed by atoms with Gasteiger partial charge in [0.15, 0.2) is 0 Å². The Morgan fingerprint density at radius 3 is 2.35 bits per heavy atom. The van der Waals surface area contributed by atoms with E-state index in [1.807, 2.05) is 13.0 Å². The number of aryl methyl sites for hydroxylation is 1. The maximum atomic E-state index is 12.3. The smallest absolute Gasteiger partial charge is 0.205 e. The van der Waals surface area contributed by atoms with Gasteiger partial charge in [-0.3, -0.25) is 4.79 Å². The molecule has 0 amide bonds. The molecule has 0 bridgehead atoms. The monoisotopic (exact) mass is 348 g/mol. The van der Waals surface area contributed by atoms with Gasteiger partial charge in [0, 0.05) is 0 Å². The van der Waals surface area contributed by atoms with Gasteiger partial charge in [0.25, 0.3) is 0 Å². The topological polar surface area (TPSA) is 17.1 Å². The SMILES string of the molecule is Cc1cc(C(=O)c2c(Cl)cccc2Cl)sc1Br. The molecule has 17 heavy (non-hydrogen) atoms. The van der Waals surface area contributed by atoms with E-state index in [-0.39, 0.29) is 5.78 Å². The summed E-state index contributed by atoms with van der Waals surface area (Å²) in [5.74, 6) is -0.139. The predicted molar refractivity (Wildman–Crippen MR) is 76.7 cm³/mol. The molecule has 0 aliphatic carbocycles. The highest BCUT2D eigenvalue weighted by molar-refractivity contribution is 9.11. The van der Waals surface area contributed by atoms with Gasteiger partial charge in [-0.2, -0.15) is 0 Å². The number of benzene rings is 1. The van der Waals surface area contributed by atoms with Gasteiger partial charge in [-0.05, 0) is 46.6 Å². The molecule has 0 aliphatic rings. The van der Waals surface area contributed by atoms with Gasteiger partial charge >= 0.3 is 0 Å². The highest BCUT2D eigenvalue weighted by atomic mass is 79.9. The average molecular weight is 350 g/mol. The number of carbonyl (C=O) groups is 1. The molecule has 0 N–H and O–H groups in total. The van der Waals surface area contributed by atoms with Crippen molar-refractivity contribution in [2.24, 2.45) is 0 Å². The molecule has 0 spiro atoms. The fourth-order valence-electron chi connectivity index (χ4n) is 1.41. The Bertz CT molecular complexity index is 552. The predicted octanol–water partition coefficient (Wildman–Crippen LogP) is 5.36. The zero-order chi connectivity index (χ0) is 12.6. The largest absolute Gasteiger partial charge is 0.288 e. The normalized spacial score (nSPS) is 10.6. The third-order valence-electron chi connectivity index (χ3n) is 2.27. The maximum absolute atomic E-state index is 12.3. The molecule has 0 unspecified atom stereocenters. The van der Waals surface area contributed by atoms with E-state index in [0.717, 1.165) is 9.35 Å². The summed E-state index contributed by atoms with van der Waals surface area (Å²) in [5.41, 5.74) is 1.39. The summed E-state index contributed by atoms with van der Waals surface area (Å²) in [6.07, 6.45) is 0. The second-order valence-electron chi connectivity index (χ2n) is 3.49. The first-order chi connectivity index (χ1) is 8.00. The highest BCUT2D eigenvalue weighted by Crippen LogP contribution is 2.32. The first-order valence-corrected chi connectivity index (χ1v) is 7.12. The van der Waals surface area contributed by atoms with Crippen LogP contribution in [0, 0.1) is 6.92 Å². The van der Waals surface area contributed by atoms with Gasteiger partial charge < -0.3 is 0 Å². The molecule has 0 saturated carbocycles. The summed E-state index contributed by atoms with van der Waals surface area (Å²) in [6.45, 7) is 1.94. The van der Waals surface area contributed by atoms with Crippen LogP contribution in [0.15, 0.2) is 28.1 Å². The third kappa shape index (κ3) is 2.58. The van der Waals surface area contributed by atoms with Crippen molar-refractivity contribution < 1.29 is 4.79 Å². The fraction of sp³-hybridized carbons (Fsp3) is 0.0833. The van der Waals surface area contributed by atoms with E-state index in [9.17, 15) is 4.79 Å². The minimum Gasteiger partial charge on any atom is -0.288 e. The van der Waals surface area contributed by atoms with E-state index in [2.05, 4.69) is 15.9 Å². The van der Waals surface area contributed by atoms with Gasteiger partial charge in [-0.1, -0.05) is 29.3 Å². The molecule has 1 aromatic heterocycles. The average Bonchev–Trinajstić information content (AvgIpc) is 2.59. The molecular formula is C12H7BrCl2OS. The van der Waals surface area contributed by atoms with Gasteiger partial charge in [-0.15, -0.1) is 11.3 Å². The van der Waals surface area contributed by atoms with Crippen LogP contribution in [0.25, 0.3) is 0 Å². The van der Waals surface area contributed by atoms with Crippen molar-refractivity contribution in [3.05, 3.63) is 54.1 Å². The standard InChI is InChI=1S/C12H7BrCl2OS/c1-6-5-9(17-12(6)13)11(16)10-7(14)3-2-4-8(10)15/h2-5H,1H3. The third-order valence-corrected chi connectivity index (χ3v) is 5.04. The lowest BCUT2D eigenvalue weighted by Gasteiger charge is -2.03. The first kappa shape index (κ1) is 13.1. The Morgan fingerprint density at radius 2 is 1.88 bits per heavy atom. The number of ketones is 1. The second kappa shape index (κ2) is 5.11. The Hall–Kier alpha value is -0.350. The van der Waals surface area contributed by atoms with E-state index < -0.39 is 0 Å². The lowest BCUT2D eigenvalue weighted by atomic mass is 10.1. The van der Waals surface area contributed by atoms with Crippen molar-refractivity contribution in [1.29, 1.82) is 0 Å². The summed E-state index contributed by atoms with van der Waals surface area (Å²) in [5, 5.41) is 0.759. The van der Waals surface area contributed by atoms with Crippen LogP contribution in [0.1, 0.15) is 20.8 Å². The van der Waals surface area contributed by atoms with E-state index in [0.29, 0.717) is 20.5 Å². The summed E-state index contributed by atoms with van der Waals surface area (Å²) < 4.78 is 0.948. The van der Waals surface area contributed by atoms with E-state index in [1.54, 1.807) is 18.2 Å². The number of carbonyl (C=O) groups excluding carboxylic acids is 1. The number of hydrogen-bond donors (Lipinski definition) is 0. The molecule has 0 aliphatic heterocycles. The zero-order valence-electron chi connectivity index (χ0n) is 8.76. The van der Waals surface area contributed by atoms with Crippen molar-refractivity contribution in [3.63, 3.8) is 0 Å². The van der Waals surface area contributed by atoms with Gasteiger partial charge in [-0.25, -0.2) is 0 Å². The van der Waals surface area contributed by atoms with Gasteiger partial charge in [0.1, 0.15) is 0 Å². The lowest BCUT2D eigenvalue weighted by Crippen LogP contribution is -2.00. The van der Waals surface area contributed by atoms with Crippen LogP contribution in [-0.2, 0) is 0 Å². The van der Waals surface area contributed by atoms with Gasteiger partial charge in [0.05, 0.1) is 24.3 Å². The van der Waals surface area contributed by atoms with Crippen molar-refractivity contribution >= 4 is 56.3 Å². The van der Waals surface area contributed by atoms with Crippen molar-refractivity contribution in [3.8, 4) is 0 Å². The minimum atomic E-state index is -0.139. The molecule has 88 valence electrons. The van der Waals surface area contributed by atoms with Gasteiger partial charge in [0.2, 0.25) is 5.78 Å². The Kier molecular flexibility index (Phi) is 3.93. The Morgan fingerprint density at radius 1 is 1.29 bits per heavy atom. The number of rotatable bonds is 2. The lowest BCUT2D eigenvalue weighted by molar-refractivity contribution is 0.104. The van der Waals surface area contributed by atoms with E-state index in [1.165, 1.54) is 11.3 Å². The van der Waals surface area contributed by atoms with Crippen LogP contribution in [0.3, 0.4) is 0 Å². The second-order valence-corrected chi connectivity index (χ2v) is 6.68. The molecular weight excluding hydrogens is 343 g/mol. The number of halogens is 3. The zero-order valence-corrected chi connectivity index (χ0v) is 12.7. The van der Waals surface area contributed by atoms with Crippen LogP contribution >= 0.6 is 50.5 Å². The highest BCUT2D eigenvalue weighted by Gasteiger charge is 2.19. The maximum Gasteiger partial charge on any atom is 0.205 e. The van der Waals surface area contributed by atoms with Crippen molar-refractivity contribution in [2.75, 3.05) is 0 Å². The molecule has 1 heterocycles. The van der Waals surface area contributed by atoms with Crippen LogP contribution in [-0.4, -0.2) is 5.78 Å². The van der Waals surface area contributed by atoms with Crippen LogP contribution < -0.4 is 0 Å². The quantitative estimate of drug-likeness (QED) is 0.667. The Balaban J connectivity index is 2.51. The van der Waals surface area contributed by atoms with Crippen LogP contribution in [0.2, 0.25) is 10.0 Å². The molecule has 0 saturated heterocycles. The molecule has 5 heteroatoms. The molecule has 1 aromatic carbocycles. The van der Waals surface area contributed by atoms with Crippen LogP contribution in [0.5, 0.6) is 0 Å². The molecule has 2 aromatic rings. The Labute approximate surface area is 121 Å². The molecule has 2 rings (SSSR count). The summed E-state index contributed by atoms with van der Waals surface area (Å²) >= 11 is 16.8. The molecule has 0 radical (unpaired) electrons.